The lowest BCUT2D eigenvalue weighted by molar-refractivity contribution is -0.112. The summed E-state index contributed by atoms with van der Waals surface area (Å²) in [5.41, 5.74) is 4.64. The van der Waals surface area contributed by atoms with Gasteiger partial charge in [0.25, 0.3) is 5.91 Å². The van der Waals surface area contributed by atoms with Gasteiger partial charge in [-0.1, -0.05) is 48.5 Å². The van der Waals surface area contributed by atoms with Crippen LogP contribution in [0.15, 0.2) is 85.6 Å². The zero-order valence-corrected chi connectivity index (χ0v) is 21.1. The number of para-hydroxylation sites is 2. The summed E-state index contributed by atoms with van der Waals surface area (Å²) in [5, 5.41) is 21.5. The second-order valence-electron chi connectivity index (χ2n) is 8.35. The average Bonchev–Trinajstić information content (AvgIpc) is 3.25. The van der Waals surface area contributed by atoms with Crippen LogP contribution in [0.25, 0.3) is 11.6 Å². The fourth-order valence-electron chi connectivity index (χ4n) is 3.95. The Bertz CT molecular complexity index is 1710. The van der Waals surface area contributed by atoms with E-state index in [0.29, 0.717) is 50.8 Å². The maximum absolute atomic E-state index is 12.7. The fourth-order valence-corrected chi connectivity index (χ4v) is 4.08. The largest absolute Gasteiger partial charge is 0.337 e. The zero-order chi connectivity index (χ0) is 27.4. The van der Waals surface area contributed by atoms with Crippen molar-refractivity contribution in [3.05, 3.63) is 107 Å². The number of benzene rings is 3. The highest BCUT2D eigenvalue weighted by Crippen LogP contribution is 2.36. The van der Waals surface area contributed by atoms with Gasteiger partial charge in [-0.25, -0.2) is 4.98 Å². The number of hydrogen-bond donors (Lipinski definition) is 4. The molecule has 190 valence electrons. The second-order valence-corrected chi connectivity index (χ2v) is 8.76. The van der Waals surface area contributed by atoms with E-state index in [1.165, 1.54) is 12.3 Å². The van der Waals surface area contributed by atoms with E-state index in [9.17, 15) is 14.9 Å². The topological polar surface area (TPSA) is 132 Å². The number of carbonyl (C=O) groups excluding carboxylic acids is 2. The SMILES string of the molecule is C=CC(=O)Nc1ccccc1Nc1nc(Nc2ccc3c(c2)C(=Cc2ccccc2C#N)C(=O)N3)ncc1Cl. The molecule has 2 amide bonds. The predicted molar refractivity (Wildman–Crippen MR) is 153 cm³/mol. The molecule has 1 aliphatic rings. The number of nitrogens with one attached hydrogen (secondary N) is 4. The Hall–Kier alpha value is -5.46. The quantitative estimate of drug-likeness (QED) is 0.211. The van der Waals surface area contributed by atoms with Crippen LogP contribution in [0.4, 0.5) is 34.5 Å². The first-order chi connectivity index (χ1) is 18.9. The molecule has 0 atom stereocenters. The van der Waals surface area contributed by atoms with Gasteiger partial charge in [0, 0.05) is 22.5 Å². The van der Waals surface area contributed by atoms with E-state index in [0.717, 1.165) is 0 Å². The Labute approximate surface area is 228 Å². The highest BCUT2D eigenvalue weighted by molar-refractivity contribution is 6.35. The summed E-state index contributed by atoms with van der Waals surface area (Å²) in [6.07, 6.45) is 4.33. The smallest absolute Gasteiger partial charge is 0.256 e. The highest BCUT2D eigenvalue weighted by Gasteiger charge is 2.25. The molecule has 1 aliphatic heterocycles. The molecule has 5 rings (SSSR count). The normalized spacial score (nSPS) is 12.7. The van der Waals surface area contributed by atoms with E-state index >= 15 is 0 Å². The summed E-state index contributed by atoms with van der Waals surface area (Å²) in [7, 11) is 0. The summed E-state index contributed by atoms with van der Waals surface area (Å²) in [4.78, 5) is 33.3. The predicted octanol–water partition coefficient (Wildman–Crippen LogP) is 6.11. The van der Waals surface area contributed by atoms with E-state index in [1.807, 2.05) is 6.07 Å². The number of anilines is 6. The van der Waals surface area contributed by atoms with Crippen LogP contribution in [0.5, 0.6) is 0 Å². The first-order valence-electron chi connectivity index (χ1n) is 11.7. The molecule has 4 N–H and O–H groups in total. The molecule has 2 heterocycles. The van der Waals surface area contributed by atoms with E-state index in [4.69, 9.17) is 11.6 Å². The molecule has 0 saturated heterocycles. The third-order valence-corrected chi connectivity index (χ3v) is 6.08. The molecule has 0 spiro atoms. The Kier molecular flexibility index (Phi) is 7.03. The van der Waals surface area contributed by atoms with Crippen molar-refractivity contribution in [2.24, 2.45) is 0 Å². The van der Waals surface area contributed by atoms with Crippen LogP contribution in [-0.4, -0.2) is 21.8 Å². The molecule has 39 heavy (non-hydrogen) atoms. The maximum atomic E-state index is 12.7. The average molecular weight is 534 g/mol. The Morgan fingerprint density at radius 2 is 1.82 bits per heavy atom. The minimum atomic E-state index is -0.352. The number of rotatable bonds is 7. The molecule has 0 aliphatic carbocycles. The monoisotopic (exact) mass is 533 g/mol. The lowest BCUT2D eigenvalue weighted by atomic mass is 10.0. The van der Waals surface area contributed by atoms with Crippen molar-refractivity contribution in [1.29, 1.82) is 5.26 Å². The number of amides is 2. The molecular formula is C29H20ClN7O2. The van der Waals surface area contributed by atoms with Crippen molar-refractivity contribution in [3.63, 3.8) is 0 Å². The zero-order valence-electron chi connectivity index (χ0n) is 20.3. The number of carbonyl (C=O) groups is 2. The molecule has 3 aromatic carbocycles. The van der Waals surface area contributed by atoms with Crippen molar-refractivity contribution in [2.75, 3.05) is 21.3 Å². The molecule has 10 heteroatoms. The Morgan fingerprint density at radius 1 is 1.05 bits per heavy atom. The summed E-state index contributed by atoms with van der Waals surface area (Å²) >= 11 is 6.35. The van der Waals surface area contributed by atoms with Crippen molar-refractivity contribution >= 4 is 69.6 Å². The number of nitriles is 1. The molecule has 0 bridgehead atoms. The number of fused-ring (bicyclic) bond motifs is 1. The summed E-state index contributed by atoms with van der Waals surface area (Å²) in [5.74, 6) is -0.0332. The minimum Gasteiger partial charge on any atom is -0.337 e. The molecule has 1 aromatic heterocycles. The third kappa shape index (κ3) is 5.46. The Morgan fingerprint density at radius 3 is 2.62 bits per heavy atom. The van der Waals surface area contributed by atoms with Crippen LogP contribution in [0.3, 0.4) is 0 Å². The second kappa shape index (κ2) is 10.9. The molecular weight excluding hydrogens is 514 g/mol. The lowest BCUT2D eigenvalue weighted by Gasteiger charge is -2.14. The van der Waals surface area contributed by atoms with Gasteiger partial charge < -0.3 is 21.3 Å². The van der Waals surface area contributed by atoms with Crippen molar-refractivity contribution in [3.8, 4) is 6.07 Å². The third-order valence-electron chi connectivity index (χ3n) is 5.81. The van der Waals surface area contributed by atoms with Gasteiger partial charge in [0.05, 0.1) is 29.2 Å². The van der Waals surface area contributed by atoms with Crippen LogP contribution in [-0.2, 0) is 9.59 Å². The van der Waals surface area contributed by atoms with Crippen molar-refractivity contribution < 1.29 is 9.59 Å². The number of aromatic nitrogens is 2. The first-order valence-corrected chi connectivity index (χ1v) is 12.1. The van der Waals surface area contributed by atoms with Gasteiger partial charge in [-0.2, -0.15) is 10.2 Å². The van der Waals surface area contributed by atoms with E-state index < -0.39 is 0 Å². The van der Waals surface area contributed by atoms with Crippen LogP contribution in [0.1, 0.15) is 16.7 Å². The summed E-state index contributed by atoms with van der Waals surface area (Å²) in [6.45, 7) is 3.47. The van der Waals surface area contributed by atoms with Crippen LogP contribution >= 0.6 is 11.6 Å². The van der Waals surface area contributed by atoms with Crippen LogP contribution in [0, 0.1) is 11.3 Å². The van der Waals surface area contributed by atoms with Gasteiger partial charge in [0.15, 0.2) is 5.82 Å². The molecule has 0 unspecified atom stereocenters. The number of hydrogen-bond acceptors (Lipinski definition) is 7. The lowest BCUT2D eigenvalue weighted by Crippen LogP contribution is -2.09. The van der Waals surface area contributed by atoms with E-state index in [-0.39, 0.29) is 22.8 Å². The Balaban J connectivity index is 1.42. The van der Waals surface area contributed by atoms with Gasteiger partial charge in [-0.15, -0.1) is 0 Å². The van der Waals surface area contributed by atoms with Crippen LogP contribution < -0.4 is 21.3 Å². The summed E-state index contributed by atoms with van der Waals surface area (Å²) in [6, 6.07) is 21.7. The maximum Gasteiger partial charge on any atom is 0.256 e. The van der Waals surface area contributed by atoms with Gasteiger partial charge in [-0.3, -0.25) is 9.59 Å². The fraction of sp³-hybridized carbons (Fsp3) is 0. The minimum absolute atomic E-state index is 0.257. The van der Waals surface area contributed by atoms with Gasteiger partial charge in [0.1, 0.15) is 5.02 Å². The van der Waals surface area contributed by atoms with E-state index in [2.05, 4.69) is 43.9 Å². The molecule has 0 radical (unpaired) electrons. The summed E-state index contributed by atoms with van der Waals surface area (Å²) < 4.78 is 0. The van der Waals surface area contributed by atoms with Crippen molar-refractivity contribution in [1.82, 2.24) is 9.97 Å². The van der Waals surface area contributed by atoms with Crippen molar-refractivity contribution in [2.45, 2.75) is 0 Å². The molecule has 9 nitrogen and oxygen atoms in total. The van der Waals surface area contributed by atoms with Gasteiger partial charge in [0.2, 0.25) is 11.9 Å². The molecule has 0 saturated carbocycles. The standard InChI is InChI=1S/C29H20ClN7O2/c1-2-26(38)34-24-9-5-6-10-25(24)35-27-22(30)16-32-29(37-27)33-19-11-12-23-20(14-19)21(28(39)36-23)13-17-7-3-4-8-18(17)15-31/h2-14,16H,1H2,(H,34,38)(H,36,39)(H2,32,33,35,37). The van der Waals surface area contributed by atoms with Gasteiger partial charge >= 0.3 is 0 Å². The van der Waals surface area contributed by atoms with E-state index in [1.54, 1.807) is 66.7 Å². The molecule has 0 fully saturated rings. The number of halogens is 1. The first kappa shape index (κ1) is 25.2. The highest BCUT2D eigenvalue weighted by atomic mass is 35.5. The number of nitrogens with zero attached hydrogens (tertiary/aromatic N) is 3. The van der Waals surface area contributed by atoms with Crippen LogP contribution in [0.2, 0.25) is 5.02 Å². The van der Waals surface area contributed by atoms with Gasteiger partial charge in [-0.05, 0) is 54.1 Å². The molecule has 4 aromatic rings.